The summed E-state index contributed by atoms with van der Waals surface area (Å²) in [7, 11) is 0. The topological polar surface area (TPSA) is 43.3 Å². The highest BCUT2D eigenvalue weighted by Gasteiger charge is 2.17. The lowest BCUT2D eigenvalue weighted by molar-refractivity contribution is 0.115. The average molecular weight is 211 g/mol. The molecular formula is C10H11F2N3. The number of nitrogens with zero attached hydrogens (tertiary/aromatic N) is 2. The molecule has 0 aliphatic rings. The molecule has 80 valence electrons. The van der Waals surface area contributed by atoms with Crippen molar-refractivity contribution in [3.8, 4) is 0 Å². The second-order valence-corrected chi connectivity index (χ2v) is 3.38. The fourth-order valence-electron chi connectivity index (χ4n) is 1.47. The smallest absolute Gasteiger partial charge is 0.253 e. The Morgan fingerprint density at radius 1 is 1.40 bits per heavy atom. The maximum Gasteiger partial charge on any atom is 0.253 e. The first-order chi connectivity index (χ1) is 7.18. The molecule has 2 N–H and O–H groups in total. The van der Waals surface area contributed by atoms with Gasteiger partial charge >= 0.3 is 0 Å². The van der Waals surface area contributed by atoms with Gasteiger partial charge in [0.1, 0.15) is 5.65 Å². The van der Waals surface area contributed by atoms with Gasteiger partial charge in [-0.25, -0.2) is 13.8 Å². The van der Waals surface area contributed by atoms with Crippen LogP contribution in [-0.2, 0) is 6.42 Å². The third kappa shape index (κ3) is 1.97. The van der Waals surface area contributed by atoms with Gasteiger partial charge in [0.25, 0.3) is 6.43 Å². The fraction of sp³-hybridized carbons (Fsp3) is 0.300. The van der Waals surface area contributed by atoms with Crippen LogP contribution in [-0.4, -0.2) is 21.9 Å². The van der Waals surface area contributed by atoms with Crippen molar-refractivity contribution in [1.82, 2.24) is 9.38 Å². The molecule has 0 amide bonds. The van der Waals surface area contributed by atoms with Gasteiger partial charge in [-0.05, 0) is 12.1 Å². The number of alkyl halides is 2. The molecule has 0 bridgehead atoms. The molecule has 0 aliphatic carbocycles. The van der Waals surface area contributed by atoms with E-state index >= 15 is 0 Å². The van der Waals surface area contributed by atoms with E-state index in [2.05, 4.69) is 4.98 Å². The van der Waals surface area contributed by atoms with E-state index < -0.39 is 12.5 Å². The lowest BCUT2D eigenvalue weighted by Crippen LogP contribution is -2.31. The molecule has 0 saturated heterocycles. The Labute approximate surface area is 85.5 Å². The van der Waals surface area contributed by atoms with Gasteiger partial charge in [-0.3, -0.25) is 0 Å². The van der Waals surface area contributed by atoms with Gasteiger partial charge in [0.2, 0.25) is 0 Å². The second kappa shape index (κ2) is 3.94. The molecule has 2 aromatic heterocycles. The number of pyridine rings is 1. The zero-order valence-electron chi connectivity index (χ0n) is 7.98. The summed E-state index contributed by atoms with van der Waals surface area (Å²) >= 11 is 0. The molecule has 2 rings (SSSR count). The number of hydrogen-bond donors (Lipinski definition) is 1. The number of aromatic nitrogens is 2. The molecule has 2 aromatic rings. The highest BCUT2D eigenvalue weighted by molar-refractivity contribution is 5.39. The minimum Gasteiger partial charge on any atom is -0.323 e. The van der Waals surface area contributed by atoms with Crippen LogP contribution in [0, 0.1) is 0 Å². The second-order valence-electron chi connectivity index (χ2n) is 3.38. The van der Waals surface area contributed by atoms with Gasteiger partial charge in [-0.1, -0.05) is 6.07 Å². The minimum absolute atomic E-state index is 0.128. The van der Waals surface area contributed by atoms with Crippen molar-refractivity contribution in [1.29, 1.82) is 0 Å². The van der Waals surface area contributed by atoms with Crippen LogP contribution in [0.3, 0.4) is 0 Å². The number of rotatable bonds is 3. The van der Waals surface area contributed by atoms with Crippen LogP contribution in [0.15, 0.2) is 30.6 Å². The SMILES string of the molecule is NC(Cc1cnc2ccccn12)C(F)F. The van der Waals surface area contributed by atoms with E-state index in [1.807, 2.05) is 18.2 Å². The molecule has 0 aliphatic heterocycles. The van der Waals surface area contributed by atoms with Gasteiger partial charge in [0.15, 0.2) is 0 Å². The zero-order chi connectivity index (χ0) is 10.8. The molecule has 0 radical (unpaired) electrons. The number of hydrogen-bond acceptors (Lipinski definition) is 2. The molecule has 1 unspecified atom stereocenters. The van der Waals surface area contributed by atoms with Crippen molar-refractivity contribution in [3.05, 3.63) is 36.3 Å². The molecule has 5 heteroatoms. The first kappa shape index (κ1) is 10.0. The lowest BCUT2D eigenvalue weighted by atomic mass is 10.2. The quantitative estimate of drug-likeness (QED) is 0.835. The Kier molecular flexibility index (Phi) is 2.64. The summed E-state index contributed by atoms with van der Waals surface area (Å²) in [5, 5.41) is 0. The normalized spacial score (nSPS) is 13.6. The van der Waals surface area contributed by atoms with Crippen molar-refractivity contribution in [2.24, 2.45) is 5.73 Å². The molecule has 15 heavy (non-hydrogen) atoms. The Morgan fingerprint density at radius 2 is 2.20 bits per heavy atom. The van der Waals surface area contributed by atoms with E-state index in [1.165, 1.54) is 0 Å². The van der Waals surface area contributed by atoms with E-state index in [1.54, 1.807) is 16.8 Å². The van der Waals surface area contributed by atoms with Crippen LogP contribution in [0.4, 0.5) is 8.78 Å². The number of nitrogens with two attached hydrogens (primary N) is 1. The molecule has 0 saturated carbocycles. The summed E-state index contributed by atoms with van der Waals surface area (Å²) in [4.78, 5) is 4.09. The molecule has 2 heterocycles. The van der Waals surface area contributed by atoms with E-state index in [0.717, 1.165) is 5.65 Å². The Balaban J connectivity index is 2.29. The summed E-state index contributed by atoms with van der Waals surface area (Å²) in [5.41, 5.74) is 6.76. The lowest BCUT2D eigenvalue weighted by Gasteiger charge is -2.09. The average Bonchev–Trinajstić information content (AvgIpc) is 2.62. The summed E-state index contributed by atoms with van der Waals surface area (Å²) in [5.74, 6) is 0. The Bertz CT molecular complexity index is 453. The predicted molar refractivity (Wildman–Crippen MR) is 52.9 cm³/mol. The third-order valence-corrected chi connectivity index (χ3v) is 2.26. The van der Waals surface area contributed by atoms with E-state index in [-0.39, 0.29) is 6.42 Å². The molecule has 3 nitrogen and oxygen atoms in total. The monoisotopic (exact) mass is 211 g/mol. The number of halogens is 2. The molecule has 0 fully saturated rings. The van der Waals surface area contributed by atoms with Crippen molar-refractivity contribution < 1.29 is 8.78 Å². The zero-order valence-corrected chi connectivity index (χ0v) is 7.98. The molecule has 0 spiro atoms. The van der Waals surface area contributed by atoms with Crippen LogP contribution in [0.5, 0.6) is 0 Å². The van der Waals surface area contributed by atoms with Crippen LogP contribution < -0.4 is 5.73 Å². The Morgan fingerprint density at radius 3 is 2.93 bits per heavy atom. The maximum atomic E-state index is 12.3. The van der Waals surface area contributed by atoms with Crippen molar-refractivity contribution >= 4 is 5.65 Å². The Hall–Kier alpha value is -1.49. The third-order valence-electron chi connectivity index (χ3n) is 2.26. The van der Waals surface area contributed by atoms with Gasteiger partial charge in [-0.15, -0.1) is 0 Å². The highest BCUT2D eigenvalue weighted by atomic mass is 19.3. The van der Waals surface area contributed by atoms with Gasteiger partial charge in [0.05, 0.1) is 6.04 Å². The molecular weight excluding hydrogens is 200 g/mol. The fourth-order valence-corrected chi connectivity index (χ4v) is 1.47. The maximum absolute atomic E-state index is 12.3. The summed E-state index contributed by atoms with van der Waals surface area (Å²) in [6, 6.07) is 4.35. The first-order valence-electron chi connectivity index (χ1n) is 4.63. The predicted octanol–water partition coefficient (Wildman–Crippen LogP) is 1.47. The van der Waals surface area contributed by atoms with Crippen molar-refractivity contribution in [2.45, 2.75) is 18.9 Å². The summed E-state index contributed by atoms with van der Waals surface area (Å²) < 4.78 is 26.3. The highest BCUT2D eigenvalue weighted by Crippen LogP contribution is 2.10. The number of imidazole rings is 1. The summed E-state index contributed by atoms with van der Waals surface area (Å²) in [6.07, 6.45) is 0.996. The van der Waals surface area contributed by atoms with E-state index in [0.29, 0.717) is 5.69 Å². The van der Waals surface area contributed by atoms with Crippen LogP contribution in [0.1, 0.15) is 5.69 Å². The standard InChI is InChI=1S/C10H11F2N3/c11-10(12)8(13)5-7-6-14-9-3-1-2-4-15(7)9/h1-4,6,8,10H,5,13H2. The molecule has 1 atom stereocenters. The van der Waals surface area contributed by atoms with Gasteiger partial charge in [-0.2, -0.15) is 0 Å². The van der Waals surface area contributed by atoms with E-state index in [4.69, 9.17) is 5.73 Å². The first-order valence-corrected chi connectivity index (χ1v) is 4.63. The largest absolute Gasteiger partial charge is 0.323 e. The number of fused-ring (bicyclic) bond motifs is 1. The van der Waals surface area contributed by atoms with Crippen LogP contribution in [0.2, 0.25) is 0 Å². The van der Waals surface area contributed by atoms with Crippen molar-refractivity contribution in [3.63, 3.8) is 0 Å². The van der Waals surface area contributed by atoms with Crippen molar-refractivity contribution in [2.75, 3.05) is 0 Å². The minimum atomic E-state index is -2.50. The van der Waals surface area contributed by atoms with Gasteiger partial charge < -0.3 is 10.1 Å². The van der Waals surface area contributed by atoms with Crippen LogP contribution >= 0.6 is 0 Å². The van der Waals surface area contributed by atoms with Gasteiger partial charge in [0, 0.05) is 24.5 Å². The molecule has 0 aromatic carbocycles. The van der Waals surface area contributed by atoms with E-state index in [9.17, 15) is 8.78 Å². The van der Waals surface area contributed by atoms with Crippen LogP contribution in [0.25, 0.3) is 5.65 Å². The summed E-state index contributed by atoms with van der Waals surface area (Å²) in [6.45, 7) is 0.